The fourth-order valence-corrected chi connectivity index (χ4v) is 2.54. The minimum Gasteiger partial charge on any atom is -0.478 e. The number of benzene rings is 2. The Morgan fingerprint density at radius 1 is 1.04 bits per heavy atom. The topological polar surface area (TPSA) is 106 Å². The number of nitrogens with two attached hydrogens (primary N) is 1. The molecule has 2 aromatic carbocycles. The summed E-state index contributed by atoms with van der Waals surface area (Å²) < 4.78 is 0. The van der Waals surface area contributed by atoms with Crippen LogP contribution in [0.25, 0.3) is 0 Å². The number of carboxylic acid groups (broad SMARTS) is 1. The van der Waals surface area contributed by atoms with Crippen molar-refractivity contribution in [3.63, 3.8) is 0 Å². The van der Waals surface area contributed by atoms with Gasteiger partial charge in [0.1, 0.15) is 0 Å². The molecule has 0 amide bonds. The number of hydrogen-bond acceptors (Lipinski definition) is 7. The van der Waals surface area contributed by atoms with Crippen LogP contribution in [-0.2, 0) is 0 Å². The summed E-state index contributed by atoms with van der Waals surface area (Å²) in [7, 11) is 0. The van der Waals surface area contributed by atoms with Gasteiger partial charge in [-0.05, 0) is 24.3 Å². The summed E-state index contributed by atoms with van der Waals surface area (Å²) in [6, 6.07) is 16.2. The summed E-state index contributed by atoms with van der Waals surface area (Å²) in [6.45, 7) is 0. The number of rotatable bonds is 3. The third-order valence-corrected chi connectivity index (χ3v) is 3.68. The van der Waals surface area contributed by atoms with Crippen LogP contribution in [0.2, 0.25) is 0 Å². The first-order chi connectivity index (χ1) is 11.6. The van der Waals surface area contributed by atoms with Crippen LogP contribution in [0.5, 0.6) is 0 Å². The Labute approximate surface area is 137 Å². The molecule has 0 fully saturated rings. The quantitative estimate of drug-likeness (QED) is 0.667. The van der Waals surface area contributed by atoms with Crippen LogP contribution >= 0.6 is 0 Å². The van der Waals surface area contributed by atoms with Crippen LogP contribution < -0.4 is 21.7 Å². The summed E-state index contributed by atoms with van der Waals surface area (Å²) in [4.78, 5) is 15.6. The number of fused-ring (bicyclic) bond motifs is 1. The van der Waals surface area contributed by atoms with E-state index in [1.165, 1.54) is 6.07 Å². The Balaban J connectivity index is 1.66. The molecule has 5 N–H and O–H groups in total. The molecule has 0 aliphatic carbocycles. The number of aromatic carboxylic acids is 1. The molecule has 2 aliphatic rings. The first-order valence-corrected chi connectivity index (χ1v) is 7.24. The summed E-state index contributed by atoms with van der Waals surface area (Å²) >= 11 is 0. The van der Waals surface area contributed by atoms with Crippen LogP contribution in [0.3, 0.4) is 0 Å². The zero-order valence-corrected chi connectivity index (χ0v) is 12.5. The molecule has 0 radical (unpaired) electrons. The molecule has 0 aromatic heterocycles. The molecule has 0 bridgehead atoms. The highest BCUT2D eigenvalue weighted by Gasteiger charge is 2.35. The Hall–Kier alpha value is -3.68. The van der Waals surface area contributed by atoms with Gasteiger partial charge in [0.05, 0.1) is 11.3 Å². The zero-order valence-electron chi connectivity index (χ0n) is 12.5. The summed E-state index contributed by atoms with van der Waals surface area (Å²) in [5.41, 5.74) is 13.9. The lowest BCUT2D eigenvalue weighted by molar-refractivity contribution is 0.0697. The summed E-state index contributed by atoms with van der Waals surface area (Å²) in [5.74, 6) is 0.464. The Morgan fingerprint density at radius 3 is 2.58 bits per heavy atom. The second kappa shape index (κ2) is 5.20. The van der Waals surface area contributed by atoms with Crippen molar-refractivity contribution in [3.05, 3.63) is 77.4 Å². The monoisotopic (exact) mass is 322 g/mol. The molecular formula is C16H14N6O2. The molecule has 4 rings (SSSR count). The molecule has 2 aromatic rings. The molecule has 2 aliphatic heterocycles. The molecular weight excluding hydrogens is 308 g/mol. The SMILES string of the molecule is NC1=C2N=C(c3cccc(C(=O)O)c3)NN2N(c2ccccc2)N1. The van der Waals surface area contributed by atoms with Crippen LogP contribution in [0.15, 0.2) is 71.2 Å². The lowest BCUT2D eigenvalue weighted by Gasteiger charge is -2.28. The van der Waals surface area contributed by atoms with Gasteiger partial charge in [-0.3, -0.25) is 10.9 Å². The van der Waals surface area contributed by atoms with Crippen molar-refractivity contribution >= 4 is 17.5 Å². The zero-order chi connectivity index (χ0) is 16.7. The van der Waals surface area contributed by atoms with E-state index < -0.39 is 5.97 Å². The van der Waals surface area contributed by atoms with E-state index in [4.69, 9.17) is 10.8 Å². The number of hydrazine groups is 3. The van der Waals surface area contributed by atoms with Gasteiger partial charge in [0.25, 0.3) is 0 Å². The molecule has 8 heteroatoms. The predicted octanol–water partition coefficient (Wildman–Crippen LogP) is 0.977. The van der Waals surface area contributed by atoms with Gasteiger partial charge in [0, 0.05) is 5.56 Å². The molecule has 0 saturated carbocycles. The highest BCUT2D eigenvalue weighted by Crippen LogP contribution is 2.26. The van der Waals surface area contributed by atoms with E-state index in [9.17, 15) is 4.79 Å². The minimum atomic E-state index is -0.984. The van der Waals surface area contributed by atoms with Gasteiger partial charge in [0.15, 0.2) is 11.7 Å². The lowest BCUT2D eigenvalue weighted by Crippen LogP contribution is -2.50. The Morgan fingerprint density at radius 2 is 1.83 bits per heavy atom. The van der Waals surface area contributed by atoms with Crippen LogP contribution in [0.4, 0.5) is 5.69 Å². The van der Waals surface area contributed by atoms with Crippen molar-refractivity contribution in [3.8, 4) is 0 Å². The molecule has 2 heterocycles. The highest BCUT2D eigenvalue weighted by molar-refractivity contribution is 6.02. The molecule has 24 heavy (non-hydrogen) atoms. The maximum Gasteiger partial charge on any atom is 0.335 e. The average Bonchev–Trinajstić information content (AvgIpc) is 3.17. The van der Waals surface area contributed by atoms with Crippen molar-refractivity contribution in [1.82, 2.24) is 16.0 Å². The van der Waals surface area contributed by atoms with E-state index in [1.807, 2.05) is 30.3 Å². The fraction of sp³-hybridized carbons (Fsp3) is 0. The molecule has 0 atom stereocenters. The predicted molar refractivity (Wildman–Crippen MR) is 88.2 cm³/mol. The van der Waals surface area contributed by atoms with Crippen LogP contribution in [0, 0.1) is 0 Å². The van der Waals surface area contributed by atoms with Crippen molar-refractivity contribution in [2.24, 2.45) is 10.7 Å². The Kier molecular flexibility index (Phi) is 3.02. The number of amidine groups is 1. The third kappa shape index (κ3) is 2.17. The van der Waals surface area contributed by atoms with E-state index in [0.29, 0.717) is 23.0 Å². The number of para-hydroxylation sites is 1. The van der Waals surface area contributed by atoms with Crippen molar-refractivity contribution < 1.29 is 9.90 Å². The van der Waals surface area contributed by atoms with Crippen molar-refractivity contribution in [1.29, 1.82) is 0 Å². The van der Waals surface area contributed by atoms with Crippen LogP contribution in [-0.4, -0.2) is 22.0 Å². The normalized spacial score (nSPS) is 15.8. The van der Waals surface area contributed by atoms with E-state index >= 15 is 0 Å². The molecule has 120 valence electrons. The van der Waals surface area contributed by atoms with Gasteiger partial charge < -0.3 is 10.8 Å². The molecule has 0 unspecified atom stereocenters. The van der Waals surface area contributed by atoms with Crippen molar-refractivity contribution in [2.75, 3.05) is 5.12 Å². The minimum absolute atomic E-state index is 0.198. The van der Waals surface area contributed by atoms with E-state index in [1.54, 1.807) is 28.4 Å². The standard InChI is InChI=1S/C16H14N6O2/c17-13-15-18-14(10-5-4-6-11(9-10)16(23)24)20-22(15)21(19-13)12-7-2-1-3-8-12/h1-9,19H,17H2,(H,18,20)(H,23,24). The number of carbonyl (C=O) groups is 1. The number of carboxylic acids is 1. The van der Waals surface area contributed by atoms with Gasteiger partial charge in [-0.2, -0.15) is 10.2 Å². The first kappa shape index (κ1) is 13.9. The van der Waals surface area contributed by atoms with Crippen molar-refractivity contribution in [2.45, 2.75) is 0 Å². The largest absolute Gasteiger partial charge is 0.478 e. The van der Waals surface area contributed by atoms with E-state index in [-0.39, 0.29) is 5.56 Å². The van der Waals surface area contributed by atoms with Gasteiger partial charge in [-0.15, -0.1) is 0 Å². The smallest absolute Gasteiger partial charge is 0.335 e. The maximum atomic E-state index is 11.1. The number of anilines is 1. The lowest BCUT2D eigenvalue weighted by atomic mass is 10.1. The van der Waals surface area contributed by atoms with Gasteiger partial charge in [0.2, 0.25) is 5.82 Å². The summed E-state index contributed by atoms with van der Waals surface area (Å²) in [5, 5.41) is 12.5. The van der Waals surface area contributed by atoms with E-state index in [2.05, 4.69) is 15.8 Å². The third-order valence-electron chi connectivity index (χ3n) is 3.68. The Bertz CT molecular complexity index is 877. The summed E-state index contributed by atoms with van der Waals surface area (Å²) in [6.07, 6.45) is 0. The number of aliphatic imine (C=N–C) groups is 1. The number of nitrogens with one attached hydrogen (secondary N) is 2. The first-order valence-electron chi connectivity index (χ1n) is 7.24. The molecule has 8 nitrogen and oxygen atoms in total. The van der Waals surface area contributed by atoms with Crippen LogP contribution in [0.1, 0.15) is 15.9 Å². The average molecular weight is 322 g/mol. The molecule has 0 saturated heterocycles. The highest BCUT2D eigenvalue weighted by atomic mass is 16.4. The number of nitrogens with zero attached hydrogens (tertiary/aromatic N) is 3. The van der Waals surface area contributed by atoms with Gasteiger partial charge in [-0.25, -0.2) is 9.79 Å². The van der Waals surface area contributed by atoms with Gasteiger partial charge >= 0.3 is 5.97 Å². The van der Waals surface area contributed by atoms with E-state index in [0.717, 1.165) is 5.69 Å². The second-order valence-electron chi connectivity index (χ2n) is 5.27. The molecule has 0 spiro atoms. The fourth-order valence-electron chi connectivity index (χ4n) is 2.54. The van der Waals surface area contributed by atoms with Gasteiger partial charge in [-0.1, -0.05) is 30.3 Å². The number of hydrogen-bond donors (Lipinski definition) is 4. The second-order valence-corrected chi connectivity index (χ2v) is 5.27. The maximum absolute atomic E-state index is 11.1.